The summed E-state index contributed by atoms with van der Waals surface area (Å²) in [5.41, 5.74) is 0.989. The molecule has 1 fully saturated rings. The van der Waals surface area contributed by atoms with Gasteiger partial charge in [0, 0.05) is 19.1 Å². The molecule has 4 heterocycles. The van der Waals surface area contributed by atoms with Crippen LogP contribution >= 0.6 is 0 Å². The number of pyridine rings is 1. The minimum Gasteiger partial charge on any atom is -0.486 e. The topological polar surface area (TPSA) is 69.6 Å². The summed E-state index contributed by atoms with van der Waals surface area (Å²) in [6.07, 6.45) is 4.59. The molecule has 0 aliphatic carbocycles. The maximum atomic E-state index is 6.01. The van der Waals surface area contributed by atoms with Gasteiger partial charge in [0.25, 0.3) is 5.88 Å². The predicted octanol–water partition coefficient (Wildman–Crippen LogP) is 2.17. The lowest BCUT2D eigenvalue weighted by molar-refractivity contribution is 0.160. The van der Waals surface area contributed by atoms with Crippen LogP contribution in [0.3, 0.4) is 0 Å². The third kappa shape index (κ3) is 3.51. The molecule has 0 amide bonds. The van der Waals surface area contributed by atoms with Crippen molar-refractivity contribution in [1.29, 1.82) is 0 Å². The normalized spacial score (nSPS) is 21.1. The van der Waals surface area contributed by atoms with Crippen molar-refractivity contribution in [1.82, 2.24) is 19.9 Å². The van der Waals surface area contributed by atoms with E-state index in [0.717, 1.165) is 42.5 Å². The molecule has 2 atom stereocenters. The summed E-state index contributed by atoms with van der Waals surface area (Å²) in [7, 11) is 0. The Balaban J connectivity index is 1.40. The van der Waals surface area contributed by atoms with E-state index >= 15 is 0 Å². The van der Waals surface area contributed by atoms with Crippen LogP contribution in [-0.2, 0) is 0 Å². The van der Waals surface area contributed by atoms with Crippen LogP contribution in [0, 0.1) is 6.92 Å². The highest BCUT2D eigenvalue weighted by Gasteiger charge is 2.29. The number of rotatable bonds is 4. The molecule has 7 heteroatoms. The molecule has 7 nitrogen and oxygen atoms in total. The zero-order valence-electron chi connectivity index (χ0n) is 14.5. The highest BCUT2D eigenvalue weighted by Crippen LogP contribution is 2.32. The first-order valence-electron chi connectivity index (χ1n) is 8.65. The Morgan fingerprint density at radius 3 is 2.84 bits per heavy atom. The summed E-state index contributed by atoms with van der Waals surface area (Å²) in [6.45, 7) is 6.98. The average Bonchev–Trinajstić information content (AvgIpc) is 3.11. The molecule has 0 saturated carbocycles. The number of aromatic nitrogens is 3. The SMILES string of the molecule is Cc1ncc(O[C@@H]2CCN(C(C)c3ccc4c(n3)OCCO4)C2)cn1. The summed E-state index contributed by atoms with van der Waals surface area (Å²) in [4.78, 5) is 15.4. The number of ether oxygens (including phenoxy) is 3. The molecule has 1 saturated heterocycles. The Labute approximate surface area is 147 Å². The van der Waals surface area contributed by atoms with Crippen LogP contribution < -0.4 is 14.2 Å². The Kier molecular flexibility index (Phi) is 4.40. The van der Waals surface area contributed by atoms with Gasteiger partial charge in [-0.1, -0.05) is 0 Å². The molecule has 132 valence electrons. The summed E-state index contributed by atoms with van der Waals surface area (Å²) in [6, 6.07) is 4.15. The van der Waals surface area contributed by atoms with E-state index < -0.39 is 0 Å². The van der Waals surface area contributed by atoms with Crippen LogP contribution in [0.15, 0.2) is 24.5 Å². The Bertz CT molecular complexity index is 738. The van der Waals surface area contributed by atoms with Crippen molar-refractivity contribution in [3.05, 3.63) is 36.0 Å². The van der Waals surface area contributed by atoms with Gasteiger partial charge in [-0.05, 0) is 32.4 Å². The van der Waals surface area contributed by atoms with E-state index in [1.807, 2.05) is 19.1 Å². The molecule has 0 radical (unpaired) electrons. The van der Waals surface area contributed by atoms with Gasteiger partial charge in [-0.3, -0.25) is 4.90 Å². The average molecular weight is 342 g/mol. The molecular formula is C18H22N4O3. The van der Waals surface area contributed by atoms with Gasteiger partial charge in [0.05, 0.1) is 18.1 Å². The highest BCUT2D eigenvalue weighted by molar-refractivity contribution is 5.36. The Morgan fingerprint density at radius 2 is 2.00 bits per heavy atom. The van der Waals surface area contributed by atoms with E-state index in [1.165, 1.54) is 0 Å². The quantitative estimate of drug-likeness (QED) is 0.843. The van der Waals surface area contributed by atoms with Crippen molar-refractivity contribution >= 4 is 0 Å². The smallest absolute Gasteiger partial charge is 0.257 e. The van der Waals surface area contributed by atoms with E-state index in [-0.39, 0.29) is 12.1 Å². The molecule has 0 N–H and O–H groups in total. The van der Waals surface area contributed by atoms with Crippen LogP contribution in [0.5, 0.6) is 17.4 Å². The maximum Gasteiger partial charge on any atom is 0.257 e. The minimum absolute atomic E-state index is 0.144. The Morgan fingerprint density at radius 1 is 1.20 bits per heavy atom. The number of likely N-dealkylation sites (tertiary alicyclic amines) is 1. The monoisotopic (exact) mass is 342 g/mol. The molecule has 0 aromatic carbocycles. The van der Waals surface area contributed by atoms with Gasteiger partial charge in [-0.25, -0.2) is 15.0 Å². The van der Waals surface area contributed by atoms with Crippen molar-refractivity contribution in [2.45, 2.75) is 32.4 Å². The van der Waals surface area contributed by atoms with Gasteiger partial charge in [-0.2, -0.15) is 0 Å². The van der Waals surface area contributed by atoms with Crippen molar-refractivity contribution in [3.63, 3.8) is 0 Å². The molecule has 2 aliphatic rings. The third-order valence-electron chi connectivity index (χ3n) is 4.64. The lowest BCUT2D eigenvalue weighted by atomic mass is 10.2. The van der Waals surface area contributed by atoms with Gasteiger partial charge in [-0.15, -0.1) is 0 Å². The zero-order valence-corrected chi connectivity index (χ0v) is 14.5. The number of fused-ring (bicyclic) bond motifs is 1. The molecule has 2 aromatic rings. The van der Waals surface area contributed by atoms with E-state index in [9.17, 15) is 0 Å². The Hall–Kier alpha value is -2.41. The second-order valence-corrected chi connectivity index (χ2v) is 6.40. The standard InChI is InChI=1S/C18H22N4O3/c1-12(16-3-4-17-18(21-16)24-8-7-23-17)22-6-5-14(11-22)25-15-9-19-13(2)20-10-15/h3-4,9-10,12,14H,5-8,11H2,1-2H3/t12?,14-/m1/s1. The summed E-state index contributed by atoms with van der Waals surface area (Å²) < 4.78 is 17.1. The summed E-state index contributed by atoms with van der Waals surface area (Å²) in [5.74, 6) is 2.80. The van der Waals surface area contributed by atoms with Gasteiger partial charge < -0.3 is 14.2 Å². The fourth-order valence-corrected chi connectivity index (χ4v) is 3.20. The van der Waals surface area contributed by atoms with Crippen molar-refractivity contribution < 1.29 is 14.2 Å². The minimum atomic E-state index is 0.144. The highest BCUT2D eigenvalue weighted by atomic mass is 16.6. The largest absolute Gasteiger partial charge is 0.486 e. The van der Waals surface area contributed by atoms with E-state index in [2.05, 4.69) is 26.8 Å². The van der Waals surface area contributed by atoms with E-state index in [0.29, 0.717) is 19.1 Å². The second kappa shape index (κ2) is 6.84. The van der Waals surface area contributed by atoms with Gasteiger partial charge in [0.15, 0.2) is 11.5 Å². The predicted molar refractivity (Wildman–Crippen MR) is 91.0 cm³/mol. The van der Waals surface area contributed by atoms with Crippen LogP contribution in [0.2, 0.25) is 0 Å². The van der Waals surface area contributed by atoms with Gasteiger partial charge >= 0.3 is 0 Å². The van der Waals surface area contributed by atoms with E-state index in [1.54, 1.807) is 12.4 Å². The molecule has 25 heavy (non-hydrogen) atoms. The second-order valence-electron chi connectivity index (χ2n) is 6.40. The van der Waals surface area contributed by atoms with Crippen LogP contribution in [0.1, 0.15) is 30.9 Å². The van der Waals surface area contributed by atoms with Crippen molar-refractivity contribution in [2.75, 3.05) is 26.3 Å². The lowest BCUT2D eigenvalue weighted by Gasteiger charge is -2.25. The molecule has 4 rings (SSSR count). The van der Waals surface area contributed by atoms with Crippen LogP contribution in [0.25, 0.3) is 0 Å². The number of aryl methyl sites for hydroxylation is 1. The molecular weight excluding hydrogens is 320 g/mol. The molecule has 0 spiro atoms. The van der Waals surface area contributed by atoms with Gasteiger partial charge in [0.1, 0.15) is 25.1 Å². The zero-order chi connectivity index (χ0) is 17.2. The number of hydrogen-bond donors (Lipinski definition) is 0. The third-order valence-corrected chi connectivity index (χ3v) is 4.64. The first kappa shape index (κ1) is 16.1. The van der Waals surface area contributed by atoms with Crippen LogP contribution in [-0.4, -0.2) is 52.3 Å². The first-order chi connectivity index (χ1) is 12.2. The van der Waals surface area contributed by atoms with Gasteiger partial charge in [0.2, 0.25) is 0 Å². The van der Waals surface area contributed by atoms with E-state index in [4.69, 9.17) is 14.2 Å². The molecule has 1 unspecified atom stereocenters. The van der Waals surface area contributed by atoms with Crippen molar-refractivity contribution in [2.24, 2.45) is 0 Å². The number of nitrogens with zero attached hydrogens (tertiary/aromatic N) is 4. The first-order valence-corrected chi connectivity index (χ1v) is 8.65. The molecule has 2 aromatic heterocycles. The summed E-state index contributed by atoms with van der Waals surface area (Å²) >= 11 is 0. The molecule has 2 aliphatic heterocycles. The lowest BCUT2D eigenvalue weighted by Crippen LogP contribution is -2.28. The molecule has 0 bridgehead atoms. The maximum absolute atomic E-state index is 6.01. The summed E-state index contributed by atoms with van der Waals surface area (Å²) in [5, 5.41) is 0. The van der Waals surface area contributed by atoms with Crippen molar-refractivity contribution in [3.8, 4) is 17.4 Å². The van der Waals surface area contributed by atoms with Crippen LogP contribution in [0.4, 0.5) is 0 Å². The number of hydrogen-bond acceptors (Lipinski definition) is 7. The fourth-order valence-electron chi connectivity index (χ4n) is 3.20. The fraction of sp³-hybridized carbons (Fsp3) is 0.500.